The summed E-state index contributed by atoms with van der Waals surface area (Å²) in [5.74, 6) is 0.245. The van der Waals surface area contributed by atoms with E-state index in [4.69, 9.17) is 14.5 Å². The van der Waals surface area contributed by atoms with Gasteiger partial charge in [-0.25, -0.2) is 9.79 Å². The highest BCUT2D eigenvalue weighted by molar-refractivity contribution is 7.07. The van der Waals surface area contributed by atoms with Crippen molar-refractivity contribution in [1.82, 2.24) is 9.13 Å². The predicted octanol–water partition coefficient (Wildman–Crippen LogP) is 5.76. The minimum atomic E-state index is -0.670. The Morgan fingerprint density at radius 2 is 1.72 bits per heavy atom. The summed E-state index contributed by atoms with van der Waals surface area (Å²) >= 11 is 1.33. The Morgan fingerprint density at radius 1 is 0.977 bits per heavy atom. The van der Waals surface area contributed by atoms with E-state index in [-0.39, 0.29) is 12.2 Å². The molecular formula is C35H33N3O4S. The Kier molecular flexibility index (Phi) is 7.62. The summed E-state index contributed by atoms with van der Waals surface area (Å²) in [6, 6.07) is 23.6. The average Bonchev–Trinajstić information content (AvgIpc) is 3.46. The molecule has 3 aromatic carbocycles. The van der Waals surface area contributed by atoms with Crippen LogP contribution in [0.3, 0.4) is 0 Å². The molecule has 6 rings (SSSR count). The molecule has 0 unspecified atom stereocenters. The number of rotatable bonds is 7. The van der Waals surface area contributed by atoms with Crippen molar-refractivity contribution < 1.29 is 14.3 Å². The van der Waals surface area contributed by atoms with Crippen LogP contribution in [0.2, 0.25) is 0 Å². The van der Waals surface area contributed by atoms with Crippen molar-refractivity contribution in [2.75, 3.05) is 13.2 Å². The number of hydrogen-bond donors (Lipinski definition) is 0. The Morgan fingerprint density at radius 3 is 2.47 bits per heavy atom. The number of fused-ring (bicyclic) bond motifs is 2. The van der Waals surface area contributed by atoms with Crippen LogP contribution in [0.4, 0.5) is 0 Å². The van der Waals surface area contributed by atoms with Gasteiger partial charge in [-0.05, 0) is 81.5 Å². The summed E-state index contributed by atoms with van der Waals surface area (Å²) in [7, 11) is 0. The molecule has 43 heavy (non-hydrogen) atoms. The van der Waals surface area contributed by atoms with Crippen molar-refractivity contribution >= 4 is 34.2 Å². The lowest BCUT2D eigenvalue weighted by Crippen LogP contribution is -2.39. The molecule has 2 aromatic heterocycles. The second kappa shape index (κ2) is 11.5. The third-order valence-electron chi connectivity index (χ3n) is 7.79. The van der Waals surface area contributed by atoms with Gasteiger partial charge in [-0.2, -0.15) is 0 Å². The SMILES string of the molecule is CCOC(=O)C1=C(C)N=c2sc(=Cc3cc(C)n(-c4cccc5ccccc45)c3C)c(=O)n2[C@@H]1c1ccc(OCC)cc1. The third-order valence-corrected chi connectivity index (χ3v) is 8.77. The molecule has 218 valence electrons. The molecule has 0 aliphatic carbocycles. The zero-order chi connectivity index (χ0) is 30.2. The van der Waals surface area contributed by atoms with Crippen LogP contribution in [0, 0.1) is 13.8 Å². The maximum atomic E-state index is 14.1. The normalized spacial score (nSPS) is 15.0. The Bertz CT molecular complexity index is 2070. The Balaban J connectivity index is 1.51. The molecule has 3 heterocycles. The largest absolute Gasteiger partial charge is 0.494 e. The Hall–Kier alpha value is -4.69. The first kappa shape index (κ1) is 28.4. The fraction of sp³-hybridized carbons (Fsp3) is 0.229. The van der Waals surface area contributed by atoms with E-state index in [1.807, 2.05) is 43.3 Å². The van der Waals surface area contributed by atoms with Crippen LogP contribution in [-0.4, -0.2) is 28.3 Å². The Labute approximate surface area is 253 Å². The van der Waals surface area contributed by atoms with E-state index < -0.39 is 12.0 Å². The number of aryl methyl sites for hydroxylation is 1. The fourth-order valence-electron chi connectivity index (χ4n) is 5.87. The van der Waals surface area contributed by atoms with Crippen molar-refractivity contribution in [1.29, 1.82) is 0 Å². The molecule has 1 atom stereocenters. The summed E-state index contributed by atoms with van der Waals surface area (Å²) in [4.78, 5) is 32.6. The van der Waals surface area contributed by atoms with Crippen molar-refractivity contribution in [2.45, 2.75) is 40.7 Å². The molecule has 0 fully saturated rings. The van der Waals surface area contributed by atoms with Crippen LogP contribution < -0.4 is 19.6 Å². The van der Waals surface area contributed by atoms with Crippen molar-refractivity contribution in [3.63, 3.8) is 0 Å². The third kappa shape index (κ3) is 5.02. The number of esters is 1. The topological polar surface area (TPSA) is 74.8 Å². The van der Waals surface area contributed by atoms with E-state index in [1.165, 1.54) is 16.7 Å². The summed E-state index contributed by atoms with van der Waals surface area (Å²) in [5, 5.41) is 2.33. The standard InChI is InChI=1S/C35H33N3O4S/c1-6-41-27-17-15-25(16-18-27)32-31(34(40)42-7-2)22(4)36-35-38(32)33(39)30(43-35)20-26-19-21(3)37(23(26)5)29-14-10-12-24-11-8-9-13-28(24)29/h8-20,32H,6-7H2,1-5H3/t32-/m1/s1. The zero-order valence-corrected chi connectivity index (χ0v) is 25.7. The molecule has 1 aliphatic heterocycles. The summed E-state index contributed by atoms with van der Waals surface area (Å²) in [6.45, 7) is 10.4. The van der Waals surface area contributed by atoms with Crippen LogP contribution in [0.15, 0.2) is 93.9 Å². The maximum Gasteiger partial charge on any atom is 0.338 e. The highest BCUT2D eigenvalue weighted by atomic mass is 32.1. The van der Waals surface area contributed by atoms with Crippen LogP contribution >= 0.6 is 11.3 Å². The molecule has 0 saturated carbocycles. The van der Waals surface area contributed by atoms with Crippen molar-refractivity contribution in [2.24, 2.45) is 4.99 Å². The first-order chi connectivity index (χ1) is 20.8. The molecule has 0 saturated heterocycles. The smallest absolute Gasteiger partial charge is 0.338 e. The first-order valence-corrected chi connectivity index (χ1v) is 15.2. The lowest BCUT2D eigenvalue weighted by molar-refractivity contribution is -0.139. The molecule has 5 aromatic rings. The highest BCUT2D eigenvalue weighted by Gasteiger charge is 2.33. The number of ether oxygens (including phenoxy) is 2. The van der Waals surface area contributed by atoms with E-state index >= 15 is 0 Å². The second-order valence-corrected chi connectivity index (χ2v) is 11.5. The number of nitrogens with zero attached hydrogens (tertiary/aromatic N) is 3. The lowest BCUT2D eigenvalue weighted by Gasteiger charge is -2.24. The number of hydrogen-bond acceptors (Lipinski definition) is 6. The van der Waals surface area contributed by atoms with Gasteiger partial charge in [-0.3, -0.25) is 9.36 Å². The molecule has 8 heteroatoms. The van der Waals surface area contributed by atoms with Crippen molar-refractivity contribution in [3.8, 4) is 11.4 Å². The monoisotopic (exact) mass is 591 g/mol. The molecule has 0 spiro atoms. The molecule has 0 bridgehead atoms. The predicted molar refractivity (Wildman–Crippen MR) is 171 cm³/mol. The van der Waals surface area contributed by atoms with E-state index in [1.54, 1.807) is 18.4 Å². The number of aromatic nitrogens is 2. The minimum absolute atomic E-state index is 0.202. The van der Waals surface area contributed by atoms with Crippen molar-refractivity contribution in [3.05, 3.63) is 126 Å². The van der Waals surface area contributed by atoms with E-state index in [0.29, 0.717) is 27.2 Å². The zero-order valence-electron chi connectivity index (χ0n) is 24.9. The van der Waals surface area contributed by atoms with E-state index in [9.17, 15) is 9.59 Å². The van der Waals surface area contributed by atoms with Gasteiger partial charge in [0.1, 0.15) is 5.75 Å². The number of thiazole rings is 1. The van der Waals surface area contributed by atoms with Gasteiger partial charge in [-0.1, -0.05) is 59.9 Å². The van der Waals surface area contributed by atoms with Gasteiger partial charge in [0.05, 0.1) is 40.7 Å². The molecular weight excluding hydrogens is 558 g/mol. The van der Waals surface area contributed by atoms with Gasteiger partial charge in [0, 0.05) is 16.8 Å². The van der Waals surface area contributed by atoms with E-state index in [2.05, 4.69) is 60.9 Å². The van der Waals surface area contributed by atoms with Gasteiger partial charge in [-0.15, -0.1) is 0 Å². The van der Waals surface area contributed by atoms with Crippen LogP contribution in [0.1, 0.15) is 49.3 Å². The molecule has 0 N–H and O–H groups in total. The molecule has 0 radical (unpaired) electrons. The molecule has 7 nitrogen and oxygen atoms in total. The van der Waals surface area contributed by atoms with Gasteiger partial charge in [0.2, 0.25) is 0 Å². The number of carbonyl (C=O) groups excluding carboxylic acids is 1. The first-order valence-electron chi connectivity index (χ1n) is 14.4. The van der Waals surface area contributed by atoms with Gasteiger partial charge in [0.15, 0.2) is 4.80 Å². The fourth-order valence-corrected chi connectivity index (χ4v) is 6.91. The maximum absolute atomic E-state index is 14.1. The highest BCUT2D eigenvalue weighted by Crippen LogP contribution is 2.32. The minimum Gasteiger partial charge on any atom is -0.494 e. The van der Waals surface area contributed by atoms with Gasteiger partial charge in [0.25, 0.3) is 5.56 Å². The average molecular weight is 592 g/mol. The summed E-state index contributed by atoms with van der Waals surface area (Å²) in [5.41, 5.74) is 5.63. The number of carbonyl (C=O) groups is 1. The van der Waals surface area contributed by atoms with E-state index in [0.717, 1.165) is 39.3 Å². The van der Waals surface area contributed by atoms with Crippen LogP contribution in [0.25, 0.3) is 22.5 Å². The van der Waals surface area contributed by atoms with Crippen LogP contribution in [0.5, 0.6) is 5.75 Å². The van der Waals surface area contributed by atoms with Gasteiger partial charge < -0.3 is 14.0 Å². The lowest BCUT2D eigenvalue weighted by atomic mass is 9.96. The summed E-state index contributed by atoms with van der Waals surface area (Å²) in [6.07, 6.45) is 1.94. The number of benzene rings is 3. The summed E-state index contributed by atoms with van der Waals surface area (Å²) < 4.78 is 15.5. The van der Waals surface area contributed by atoms with Gasteiger partial charge >= 0.3 is 5.97 Å². The molecule has 0 amide bonds. The number of allylic oxidation sites excluding steroid dienone is 1. The second-order valence-electron chi connectivity index (χ2n) is 10.5. The quantitative estimate of drug-likeness (QED) is 0.226. The van der Waals surface area contributed by atoms with Crippen LogP contribution in [-0.2, 0) is 9.53 Å². The molecule has 1 aliphatic rings.